The lowest BCUT2D eigenvalue weighted by Gasteiger charge is -2.24. The molecule has 0 aliphatic carbocycles. The van der Waals surface area contributed by atoms with E-state index in [4.69, 9.17) is 5.84 Å². The molecule has 0 fully saturated rings. The Kier molecular flexibility index (Phi) is 5.29. The Morgan fingerprint density at radius 2 is 2.13 bits per heavy atom. The van der Waals surface area contributed by atoms with Gasteiger partial charge in [-0.05, 0) is 24.0 Å². The number of aromatic nitrogens is 1. The van der Waals surface area contributed by atoms with E-state index in [-0.39, 0.29) is 0 Å². The average Bonchev–Trinajstić information content (AvgIpc) is 2.30. The van der Waals surface area contributed by atoms with Crippen LogP contribution in [0.15, 0.2) is 24.5 Å². The number of nitrogens with one attached hydrogen (secondary N) is 1. The monoisotopic (exact) mass is 207 g/mol. The minimum Gasteiger partial charge on any atom is -0.271 e. The van der Waals surface area contributed by atoms with Crippen LogP contribution in [0.1, 0.15) is 32.3 Å². The summed E-state index contributed by atoms with van der Waals surface area (Å²) in [6, 6.07) is 4.42. The van der Waals surface area contributed by atoms with E-state index in [1.807, 2.05) is 12.3 Å². The first kappa shape index (κ1) is 12.1. The highest BCUT2D eigenvalue weighted by molar-refractivity contribution is 5.10. The lowest BCUT2D eigenvalue weighted by atomic mass is 9.90. The fourth-order valence-electron chi connectivity index (χ4n) is 1.99. The highest BCUT2D eigenvalue weighted by Gasteiger charge is 2.17. The second-order valence-corrected chi connectivity index (χ2v) is 3.92. The lowest BCUT2D eigenvalue weighted by molar-refractivity contribution is 0.335. The van der Waals surface area contributed by atoms with Gasteiger partial charge in [0.25, 0.3) is 0 Å². The average molecular weight is 207 g/mol. The third kappa shape index (κ3) is 3.61. The minimum absolute atomic E-state index is 0.351. The third-order valence-electron chi connectivity index (χ3n) is 3.01. The summed E-state index contributed by atoms with van der Waals surface area (Å²) in [7, 11) is 0. The van der Waals surface area contributed by atoms with E-state index >= 15 is 0 Å². The van der Waals surface area contributed by atoms with Gasteiger partial charge in [0.05, 0.1) is 0 Å². The number of nitrogens with two attached hydrogens (primary N) is 1. The molecule has 1 unspecified atom stereocenters. The summed E-state index contributed by atoms with van der Waals surface area (Å²) in [6.07, 6.45) is 6.98. The van der Waals surface area contributed by atoms with Crippen LogP contribution in [0.5, 0.6) is 0 Å². The van der Waals surface area contributed by atoms with Crippen molar-refractivity contribution in [2.24, 2.45) is 11.8 Å². The molecule has 3 N–H and O–H groups in total. The van der Waals surface area contributed by atoms with Crippen LogP contribution >= 0.6 is 0 Å². The Balaban J connectivity index is 2.61. The number of hydrazine groups is 1. The van der Waals surface area contributed by atoms with Gasteiger partial charge in [-0.25, -0.2) is 0 Å². The Labute approximate surface area is 92.1 Å². The number of hydrogen-bond acceptors (Lipinski definition) is 3. The molecule has 84 valence electrons. The Bertz CT molecular complexity index is 257. The molecule has 0 spiro atoms. The molecular weight excluding hydrogens is 186 g/mol. The van der Waals surface area contributed by atoms with Crippen molar-refractivity contribution in [3.8, 4) is 0 Å². The normalized spacial score (nSPS) is 13.1. The van der Waals surface area contributed by atoms with E-state index in [0.717, 1.165) is 19.3 Å². The first-order valence-electron chi connectivity index (χ1n) is 5.66. The Morgan fingerprint density at radius 1 is 1.40 bits per heavy atom. The highest BCUT2D eigenvalue weighted by atomic mass is 15.2. The molecule has 0 aliphatic heterocycles. The van der Waals surface area contributed by atoms with E-state index in [2.05, 4.69) is 30.3 Å². The fourth-order valence-corrected chi connectivity index (χ4v) is 1.99. The SMILES string of the molecule is CCC(CC)C(Cc1cccnc1)NN. The van der Waals surface area contributed by atoms with Crippen LogP contribution in [0.4, 0.5) is 0 Å². The van der Waals surface area contributed by atoms with Crippen molar-refractivity contribution in [3.05, 3.63) is 30.1 Å². The van der Waals surface area contributed by atoms with Gasteiger partial charge in [0.1, 0.15) is 0 Å². The van der Waals surface area contributed by atoms with Crippen molar-refractivity contribution in [3.63, 3.8) is 0 Å². The van der Waals surface area contributed by atoms with E-state index < -0.39 is 0 Å². The van der Waals surface area contributed by atoms with Crippen LogP contribution in [-0.4, -0.2) is 11.0 Å². The molecule has 0 saturated heterocycles. The molecule has 1 rings (SSSR count). The summed E-state index contributed by atoms with van der Waals surface area (Å²) >= 11 is 0. The van der Waals surface area contributed by atoms with Gasteiger partial charge in [-0.3, -0.25) is 16.3 Å². The molecule has 1 atom stereocenters. The summed E-state index contributed by atoms with van der Waals surface area (Å²) in [5.74, 6) is 6.24. The summed E-state index contributed by atoms with van der Waals surface area (Å²) < 4.78 is 0. The summed E-state index contributed by atoms with van der Waals surface area (Å²) in [6.45, 7) is 4.42. The molecule has 3 nitrogen and oxygen atoms in total. The first-order valence-corrected chi connectivity index (χ1v) is 5.66. The van der Waals surface area contributed by atoms with Gasteiger partial charge in [0, 0.05) is 18.4 Å². The predicted molar refractivity (Wildman–Crippen MR) is 63.1 cm³/mol. The van der Waals surface area contributed by atoms with E-state index in [0.29, 0.717) is 12.0 Å². The molecule has 0 aliphatic rings. The molecule has 0 radical (unpaired) electrons. The van der Waals surface area contributed by atoms with Crippen molar-refractivity contribution in [1.29, 1.82) is 0 Å². The van der Waals surface area contributed by atoms with Crippen molar-refractivity contribution in [2.45, 2.75) is 39.2 Å². The van der Waals surface area contributed by atoms with Crippen LogP contribution in [0, 0.1) is 5.92 Å². The Hall–Kier alpha value is -0.930. The smallest absolute Gasteiger partial charge is 0.0300 e. The Morgan fingerprint density at radius 3 is 2.60 bits per heavy atom. The maximum Gasteiger partial charge on any atom is 0.0300 e. The zero-order chi connectivity index (χ0) is 11.1. The van der Waals surface area contributed by atoms with Gasteiger partial charge < -0.3 is 0 Å². The van der Waals surface area contributed by atoms with E-state index in [1.54, 1.807) is 6.20 Å². The molecule has 0 aromatic carbocycles. The second-order valence-electron chi connectivity index (χ2n) is 3.92. The van der Waals surface area contributed by atoms with Gasteiger partial charge >= 0.3 is 0 Å². The molecule has 3 heteroatoms. The fraction of sp³-hybridized carbons (Fsp3) is 0.583. The van der Waals surface area contributed by atoms with Crippen LogP contribution < -0.4 is 11.3 Å². The number of pyridine rings is 1. The van der Waals surface area contributed by atoms with Crippen molar-refractivity contribution in [1.82, 2.24) is 10.4 Å². The van der Waals surface area contributed by atoms with Crippen LogP contribution in [0.3, 0.4) is 0 Å². The molecule has 1 aromatic heterocycles. The number of nitrogens with zero attached hydrogens (tertiary/aromatic N) is 1. The van der Waals surface area contributed by atoms with Crippen LogP contribution in [0.25, 0.3) is 0 Å². The van der Waals surface area contributed by atoms with Gasteiger partial charge in [-0.2, -0.15) is 0 Å². The van der Waals surface area contributed by atoms with Crippen LogP contribution in [0.2, 0.25) is 0 Å². The van der Waals surface area contributed by atoms with Gasteiger partial charge in [-0.1, -0.05) is 32.8 Å². The summed E-state index contributed by atoms with van der Waals surface area (Å²) in [5.41, 5.74) is 4.17. The zero-order valence-corrected chi connectivity index (χ0v) is 9.61. The maximum atomic E-state index is 5.60. The van der Waals surface area contributed by atoms with E-state index in [9.17, 15) is 0 Å². The summed E-state index contributed by atoms with van der Waals surface area (Å²) in [4.78, 5) is 4.11. The molecular formula is C12H21N3. The van der Waals surface area contributed by atoms with Crippen molar-refractivity contribution in [2.75, 3.05) is 0 Å². The van der Waals surface area contributed by atoms with Gasteiger partial charge in [0.2, 0.25) is 0 Å². The quantitative estimate of drug-likeness (QED) is 0.553. The zero-order valence-electron chi connectivity index (χ0n) is 9.61. The first-order chi connectivity index (χ1) is 7.31. The van der Waals surface area contributed by atoms with Crippen molar-refractivity contribution >= 4 is 0 Å². The van der Waals surface area contributed by atoms with Crippen molar-refractivity contribution < 1.29 is 0 Å². The topological polar surface area (TPSA) is 50.9 Å². The second kappa shape index (κ2) is 6.53. The predicted octanol–water partition coefficient (Wildman–Crippen LogP) is 1.89. The lowest BCUT2D eigenvalue weighted by Crippen LogP contribution is -2.42. The number of rotatable bonds is 6. The number of hydrogen-bond donors (Lipinski definition) is 2. The molecule has 15 heavy (non-hydrogen) atoms. The largest absolute Gasteiger partial charge is 0.271 e. The van der Waals surface area contributed by atoms with Gasteiger partial charge in [0.15, 0.2) is 0 Å². The highest BCUT2D eigenvalue weighted by Crippen LogP contribution is 2.16. The molecule has 0 saturated carbocycles. The summed E-state index contributed by atoms with van der Waals surface area (Å²) in [5, 5.41) is 0. The maximum absolute atomic E-state index is 5.60. The standard InChI is InChI=1S/C12H21N3/c1-3-11(4-2)12(15-13)8-10-6-5-7-14-9-10/h5-7,9,11-12,15H,3-4,8,13H2,1-2H3. The van der Waals surface area contributed by atoms with Crippen LogP contribution in [-0.2, 0) is 6.42 Å². The minimum atomic E-state index is 0.351. The molecule has 0 amide bonds. The molecule has 1 aromatic rings. The molecule has 0 bridgehead atoms. The van der Waals surface area contributed by atoms with E-state index in [1.165, 1.54) is 5.56 Å². The third-order valence-corrected chi connectivity index (χ3v) is 3.01. The van der Waals surface area contributed by atoms with Gasteiger partial charge in [-0.15, -0.1) is 0 Å². The molecule has 1 heterocycles.